The fourth-order valence-corrected chi connectivity index (χ4v) is 3.44. The Kier molecular flexibility index (Phi) is 8.34. The molecule has 0 saturated heterocycles. The van der Waals surface area contributed by atoms with E-state index in [9.17, 15) is 0 Å². The Morgan fingerprint density at radius 1 is 1.33 bits per heavy atom. The van der Waals surface area contributed by atoms with Crippen molar-refractivity contribution in [3.05, 3.63) is 44.2 Å². The normalized spacial score (nSPS) is 10.9. The fourth-order valence-electron chi connectivity index (χ4n) is 1.70. The van der Waals surface area contributed by atoms with E-state index in [0.29, 0.717) is 12.5 Å². The van der Waals surface area contributed by atoms with Crippen molar-refractivity contribution >= 4 is 69.6 Å². The molecule has 0 bridgehead atoms. The number of nitrogens with two attached hydrogens (primary N) is 1. The molecule has 0 amide bonds. The predicted octanol–water partition coefficient (Wildman–Crippen LogP) is 3.95. The first-order valence-electron chi connectivity index (χ1n) is 6.13. The number of methoxy groups -OCH3 is 1. The van der Waals surface area contributed by atoms with Crippen molar-refractivity contribution in [3.8, 4) is 5.75 Å². The van der Waals surface area contributed by atoms with E-state index in [1.54, 1.807) is 18.4 Å². The second kappa shape index (κ2) is 9.46. The minimum atomic E-state index is 0. The van der Waals surface area contributed by atoms with E-state index < -0.39 is 0 Å². The Labute approximate surface area is 159 Å². The Bertz CT molecular complexity index is 601. The number of anilines is 1. The average Bonchev–Trinajstić information content (AvgIpc) is 2.85. The maximum atomic E-state index is 5.88. The maximum Gasteiger partial charge on any atom is 0.193 e. The Balaban J connectivity index is 0.00000220. The molecule has 2 aromatic rings. The van der Waals surface area contributed by atoms with Crippen LogP contribution in [0.2, 0.25) is 0 Å². The number of para-hydroxylation sites is 2. The highest BCUT2D eigenvalue weighted by atomic mass is 127. The van der Waals surface area contributed by atoms with Gasteiger partial charge in [-0.3, -0.25) is 4.99 Å². The summed E-state index contributed by atoms with van der Waals surface area (Å²) in [6, 6.07) is 11.9. The van der Waals surface area contributed by atoms with E-state index in [1.165, 1.54) is 7.76 Å². The summed E-state index contributed by atoms with van der Waals surface area (Å²) in [5.74, 6) is 1.15. The van der Waals surface area contributed by atoms with Crippen molar-refractivity contribution in [3.63, 3.8) is 0 Å². The molecule has 21 heavy (non-hydrogen) atoms. The molecule has 0 atom stereocenters. The largest absolute Gasteiger partial charge is 0.495 e. The lowest BCUT2D eigenvalue weighted by molar-refractivity contribution is 0.417. The standard InChI is InChI=1S/C14H16IN3OS.HI/c1-19-12-5-3-2-4-11(12)18-14(16)17-9-8-10-6-7-13(15)20-10;/h2-7H,8-9H2,1H3,(H3,16,17,18);1H. The molecular weight excluding hydrogens is 512 g/mol. The molecule has 3 N–H and O–H groups in total. The molecule has 0 aliphatic rings. The van der Waals surface area contributed by atoms with Crippen LogP contribution in [0.5, 0.6) is 5.75 Å². The number of halogens is 2. The highest BCUT2D eigenvalue weighted by Gasteiger charge is 2.02. The Morgan fingerprint density at radius 3 is 2.76 bits per heavy atom. The topological polar surface area (TPSA) is 59.6 Å². The second-order valence-corrected chi connectivity index (χ2v) is 7.11. The van der Waals surface area contributed by atoms with E-state index in [-0.39, 0.29) is 24.0 Å². The minimum absolute atomic E-state index is 0. The zero-order valence-electron chi connectivity index (χ0n) is 11.5. The summed E-state index contributed by atoms with van der Waals surface area (Å²) in [6.07, 6.45) is 0.905. The number of ether oxygens (including phenoxy) is 1. The lowest BCUT2D eigenvalue weighted by atomic mass is 10.3. The van der Waals surface area contributed by atoms with Crippen LogP contribution in [0, 0.1) is 2.88 Å². The number of hydrogen-bond donors (Lipinski definition) is 2. The Morgan fingerprint density at radius 2 is 2.10 bits per heavy atom. The van der Waals surface area contributed by atoms with Gasteiger partial charge < -0.3 is 15.8 Å². The summed E-state index contributed by atoms with van der Waals surface area (Å²) in [4.78, 5) is 5.65. The highest BCUT2D eigenvalue weighted by Crippen LogP contribution is 2.22. The Hall–Kier alpha value is -0.550. The third-order valence-electron chi connectivity index (χ3n) is 2.64. The van der Waals surface area contributed by atoms with E-state index >= 15 is 0 Å². The van der Waals surface area contributed by atoms with Crippen LogP contribution in [0.3, 0.4) is 0 Å². The van der Waals surface area contributed by atoms with E-state index in [0.717, 1.165) is 17.9 Å². The molecule has 0 fully saturated rings. The van der Waals surface area contributed by atoms with Gasteiger partial charge in [-0.15, -0.1) is 35.3 Å². The third-order valence-corrected chi connectivity index (χ3v) is 4.59. The quantitative estimate of drug-likeness (QED) is 0.351. The summed E-state index contributed by atoms with van der Waals surface area (Å²) in [7, 11) is 1.63. The first-order valence-corrected chi connectivity index (χ1v) is 8.02. The van der Waals surface area contributed by atoms with Gasteiger partial charge in [-0.1, -0.05) is 12.1 Å². The van der Waals surface area contributed by atoms with Crippen LogP contribution in [-0.2, 0) is 6.42 Å². The van der Waals surface area contributed by atoms with E-state index in [2.05, 4.69) is 45.0 Å². The number of guanidine groups is 1. The first kappa shape index (κ1) is 18.5. The molecule has 1 aromatic carbocycles. The highest BCUT2D eigenvalue weighted by molar-refractivity contribution is 14.1. The van der Waals surface area contributed by atoms with Gasteiger partial charge in [0.05, 0.1) is 15.7 Å². The van der Waals surface area contributed by atoms with Gasteiger partial charge >= 0.3 is 0 Å². The van der Waals surface area contributed by atoms with Crippen LogP contribution in [0.15, 0.2) is 41.4 Å². The number of benzene rings is 1. The zero-order chi connectivity index (χ0) is 14.4. The third kappa shape index (κ3) is 5.99. The van der Waals surface area contributed by atoms with Gasteiger partial charge in [0.15, 0.2) is 5.96 Å². The first-order chi connectivity index (χ1) is 9.69. The van der Waals surface area contributed by atoms with Gasteiger partial charge in [-0.25, -0.2) is 0 Å². The molecule has 0 spiro atoms. The maximum absolute atomic E-state index is 5.88. The molecule has 1 heterocycles. The molecule has 114 valence electrons. The molecule has 7 heteroatoms. The van der Waals surface area contributed by atoms with Crippen molar-refractivity contribution in [2.24, 2.45) is 10.7 Å². The summed E-state index contributed by atoms with van der Waals surface area (Å²) in [6.45, 7) is 0.671. The van der Waals surface area contributed by atoms with Crippen LogP contribution in [0.25, 0.3) is 0 Å². The molecular formula is C14H17I2N3OS. The van der Waals surface area contributed by atoms with Crippen molar-refractivity contribution in [1.82, 2.24) is 0 Å². The van der Waals surface area contributed by atoms with Crippen molar-refractivity contribution in [1.29, 1.82) is 0 Å². The number of nitrogens with zero attached hydrogens (tertiary/aromatic N) is 1. The van der Waals surface area contributed by atoms with Crippen molar-refractivity contribution in [2.75, 3.05) is 19.0 Å². The molecule has 0 aliphatic carbocycles. The van der Waals surface area contributed by atoms with Gasteiger partial charge in [-0.2, -0.15) is 0 Å². The van der Waals surface area contributed by atoms with Crippen molar-refractivity contribution < 1.29 is 4.74 Å². The smallest absolute Gasteiger partial charge is 0.193 e. The molecule has 0 saturated carbocycles. The number of nitrogens with one attached hydrogen (secondary N) is 1. The minimum Gasteiger partial charge on any atom is -0.495 e. The van der Waals surface area contributed by atoms with Gasteiger partial charge in [0.1, 0.15) is 5.75 Å². The molecule has 1 aromatic heterocycles. The van der Waals surface area contributed by atoms with Gasteiger partial charge in [0, 0.05) is 17.8 Å². The second-order valence-electron chi connectivity index (χ2n) is 4.05. The number of hydrogen-bond acceptors (Lipinski definition) is 3. The molecule has 0 aliphatic heterocycles. The summed E-state index contributed by atoms with van der Waals surface area (Å²) < 4.78 is 6.54. The van der Waals surface area contributed by atoms with Crippen molar-refractivity contribution in [2.45, 2.75) is 6.42 Å². The summed E-state index contributed by atoms with van der Waals surface area (Å²) in [5, 5.41) is 3.06. The molecule has 2 rings (SSSR count). The van der Waals surface area contributed by atoms with Crippen LogP contribution in [0.4, 0.5) is 5.69 Å². The lowest BCUT2D eigenvalue weighted by Gasteiger charge is -2.09. The molecule has 0 unspecified atom stereocenters. The van der Waals surface area contributed by atoms with Gasteiger partial charge in [0.25, 0.3) is 0 Å². The number of thiophene rings is 1. The predicted molar refractivity (Wildman–Crippen MR) is 109 cm³/mol. The van der Waals surface area contributed by atoms with E-state index in [4.69, 9.17) is 10.5 Å². The van der Waals surface area contributed by atoms with Crippen LogP contribution in [0.1, 0.15) is 4.88 Å². The molecule has 4 nitrogen and oxygen atoms in total. The van der Waals surface area contributed by atoms with Crippen LogP contribution in [-0.4, -0.2) is 19.6 Å². The SMILES string of the molecule is COc1ccccc1NC(N)=NCCc1ccc(I)s1.I. The summed E-state index contributed by atoms with van der Waals surface area (Å²) >= 11 is 4.11. The van der Waals surface area contributed by atoms with E-state index in [1.807, 2.05) is 24.3 Å². The fraction of sp³-hybridized carbons (Fsp3) is 0.214. The van der Waals surface area contributed by atoms with Crippen LogP contribution < -0.4 is 15.8 Å². The number of rotatable bonds is 5. The monoisotopic (exact) mass is 529 g/mol. The number of aliphatic imine (C=N–C) groups is 1. The molecule has 0 radical (unpaired) electrons. The zero-order valence-corrected chi connectivity index (χ0v) is 16.8. The average molecular weight is 529 g/mol. The van der Waals surface area contributed by atoms with Gasteiger partial charge in [-0.05, 0) is 46.9 Å². The lowest BCUT2D eigenvalue weighted by Crippen LogP contribution is -2.23. The summed E-state index contributed by atoms with van der Waals surface area (Å²) in [5.41, 5.74) is 6.71. The van der Waals surface area contributed by atoms with Crippen LogP contribution >= 0.6 is 57.9 Å². The van der Waals surface area contributed by atoms with Gasteiger partial charge in [0.2, 0.25) is 0 Å².